The van der Waals surface area contributed by atoms with Crippen molar-refractivity contribution in [2.45, 2.75) is 18.1 Å². The Morgan fingerprint density at radius 2 is 1.90 bits per heavy atom. The van der Waals surface area contributed by atoms with Crippen molar-refractivity contribution in [2.75, 3.05) is 0 Å². The highest BCUT2D eigenvalue weighted by Crippen LogP contribution is 2.45. The van der Waals surface area contributed by atoms with E-state index in [2.05, 4.69) is 5.10 Å². The third-order valence-electron chi connectivity index (χ3n) is 3.05. The summed E-state index contributed by atoms with van der Waals surface area (Å²) in [6.07, 6.45) is -5.46. The van der Waals surface area contributed by atoms with Crippen LogP contribution >= 0.6 is 23.2 Å². The molecule has 1 amide bonds. The van der Waals surface area contributed by atoms with Crippen molar-refractivity contribution in [3.05, 3.63) is 33.8 Å². The molecular weight excluding hydrogens is 332 g/mol. The molecule has 0 radical (unpaired) electrons. The summed E-state index contributed by atoms with van der Waals surface area (Å²) in [5, 5.41) is 3.51. The summed E-state index contributed by atoms with van der Waals surface area (Å²) in [5.74, 6) is 4.00. The summed E-state index contributed by atoms with van der Waals surface area (Å²) in [4.78, 5) is 11.4. The van der Waals surface area contributed by atoms with Crippen molar-refractivity contribution >= 4 is 34.8 Å². The molecule has 0 aliphatic carbocycles. The number of hydrazine groups is 1. The first kappa shape index (κ1) is 15.9. The minimum absolute atomic E-state index is 0.0413. The van der Waals surface area contributed by atoms with Crippen LogP contribution in [0, 0.1) is 0 Å². The van der Waals surface area contributed by atoms with Crippen LogP contribution in [0.25, 0.3) is 0 Å². The van der Waals surface area contributed by atoms with E-state index < -0.39 is 24.0 Å². The Morgan fingerprint density at radius 3 is 2.38 bits per heavy atom. The van der Waals surface area contributed by atoms with Crippen molar-refractivity contribution in [2.24, 2.45) is 10.9 Å². The number of carbonyl (C=O) groups is 1. The maximum atomic E-state index is 13.5. The lowest BCUT2D eigenvalue weighted by Crippen LogP contribution is -2.50. The van der Waals surface area contributed by atoms with Gasteiger partial charge in [-0.2, -0.15) is 18.3 Å². The summed E-state index contributed by atoms with van der Waals surface area (Å²) >= 11 is 11.5. The first-order chi connectivity index (χ1) is 9.69. The van der Waals surface area contributed by atoms with Crippen LogP contribution in [0.15, 0.2) is 23.3 Å². The van der Waals surface area contributed by atoms with Crippen molar-refractivity contribution < 1.29 is 18.0 Å². The molecule has 1 aromatic rings. The number of rotatable bonds is 2. The quantitative estimate of drug-likeness (QED) is 0.438. The zero-order valence-electron chi connectivity index (χ0n) is 10.3. The topological polar surface area (TPSA) is 79.5 Å². The maximum absolute atomic E-state index is 13.5. The van der Waals surface area contributed by atoms with Crippen LogP contribution in [0.2, 0.25) is 10.0 Å². The van der Waals surface area contributed by atoms with Gasteiger partial charge in [0.1, 0.15) is 5.71 Å². The SMILES string of the molecule is NNC(=O)C1=NNC(c2cc(Cl)cc(Cl)c2)(C(F)(F)F)C1. The summed E-state index contributed by atoms with van der Waals surface area (Å²) < 4.78 is 40.6. The standard InChI is InChI=1S/C11H9Cl2F3N4O/c12-6-1-5(2-7(13)3-6)10(11(14,15)16)4-8(19-20-10)9(21)18-17/h1-3,20H,4,17H2,(H,18,21). The average molecular weight is 341 g/mol. The van der Waals surface area contributed by atoms with Gasteiger partial charge in [-0.15, -0.1) is 0 Å². The molecule has 0 spiro atoms. The number of nitrogens with two attached hydrogens (primary N) is 1. The third-order valence-corrected chi connectivity index (χ3v) is 3.48. The second kappa shape index (κ2) is 5.36. The highest BCUT2D eigenvalue weighted by molar-refractivity contribution is 6.39. The number of benzene rings is 1. The Morgan fingerprint density at radius 1 is 1.33 bits per heavy atom. The van der Waals surface area contributed by atoms with E-state index in [-0.39, 0.29) is 21.3 Å². The van der Waals surface area contributed by atoms with Gasteiger partial charge < -0.3 is 0 Å². The van der Waals surface area contributed by atoms with Crippen LogP contribution in [-0.2, 0) is 10.3 Å². The molecular formula is C11H9Cl2F3N4O. The van der Waals surface area contributed by atoms with Gasteiger partial charge in [0, 0.05) is 16.5 Å². The molecule has 1 aliphatic heterocycles. The molecule has 0 aromatic heterocycles. The lowest BCUT2D eigenvalue weighted by Gasteiger charge is -2.31. The van der Waals surface area contributed by atoms with Crippen molar-refractivity contribution in [1.82, 2.24) is 10.9 Å². The number of hydrogen-bond donors (Lipinski definition) is 3. The largest absolute Gasteiger partial charge is 0.417 e. The number of nitrogens with zero attached hydrogens (tertiary/aromatic N) is 1. The van der Waals surface area contributed by atoms with Crippen LogP contribution in [0.1, 0.15) is 12.0 Å². The highest BCUT2D eigenvalue weighted by Gasteiger charge is 2.59. The van der Waals surface area contributed by atoms with Crippen molar-refractivity contribution in [3.63, 3.8) is 0 Å². The normalized spacial score (nSPS) is 21.7. The lowest BCUT2D eigenvalue weighted by molar-refractivity contribution is -0.196. The van der Waals surface area contributed by atoms with Gasteiger partial charge in [0.25, 0.3) is 5.91 Å². The fourth-order valence-electron chi connectivity index (χ4n) is 2.00. The zero-order chi connectivity index (χ0) is 15.8. The number of amides is 1. The van der Waals surface area contributed by atoms with Gasteiger partial charge >= 0.3 is 6.18 Å². The highest BCUT2D eigenvalue weighted by atomic mass is 35.5. The molecule has 21 heavy (non-hydrogen) atoms. The first-order valence-electron chi connectivity index (χ1n) is 5.57. The number of alkyl halides is 3. The first-order valence-corrected chi connectivity index (χ1v) is 6.33. The van der Waals surface area contributed by atoms with E-state index >= 15 is 0 Å². The second-order valence-electron chi connectivity index (χ2n) is 4.38. The van der Waals surface area contributed by atoms with Crippen molar-refractivity contribution in [3.8, 4) is 0 Å². The number of nitrogens with one attached hydrogen (secondary N) is 2. The van der Waals surface area contributed by atoms with Crippen LogP contribution in [0.3, 0.4) is 0 Å². The van der Waals surface area contributed by atoms with Gasteiger partial charge in [0.15, 0.2) is 5.54 Å². The predicted octanol–water partition coefficient (Wildman–Crippen LogP) is 2.09. The maximum Gasteiger partial charge on any atom is 0.417 e. The fourth-order valence-corrected chi connectivity index (χ4v) is 2.53. The molecule has 0 saturated carbocycles. The molecule has 1 atom stereocenters. The summed E-state index contributed by atoms with van der Waals surface area (Å²) in [6.45, 7) is 0. The number of halogens is 5. The van der Waals surface area contributed by atoms with Gasteiger partial charge in [0.05, 0.1) is 0 Å². The zero-order valence-corrected chi connectivity index (χ0v) is 11.8. The smallest absolute Gasteiger partial charge is 0.289 e. The number of hydrogen-bond acceptors (Lipinski definition) is 4. The van der Waals surface area contributed by atoms with Crippen molar-refractivity contribution in [1.29, 1.82) is 0 Å². The molecule has 1 unspecified atom stereocenters. The van der Waals surface area contributed by atoms with Gasteiger partial charge in [0.2, 0.25) is 0 Å². The van der Waals surface area contributed by atoms with Crippen LogP contribution < -0.4 is 16.7 Å². The van der Waals surface area contributed by atoms with Crippen LogP contribution in [0.4, 0.5) is 13.2 Å². The Bertz CT molecular complexity index is 600. The minimum atomic E-state index is -4.73. The number of hydrazone groups is 1. The van der Waals surface area contributed by atoms with Crippen LogP contribution in [-0.4, -0.2) is 17.8 Å². The van der Waals surface area contributed by atoms with E-state index in [1.807, 2.05) is 5.43 Å². The van der Waals surface area contributed by atoms with Crippen LogP contribution in [0.5, 0.6) is 0 Å². The molecule has 10 heteroatoms. The molecule has 114 valence electrons. The Hall–Kier alpha value is -1.51. The van der Waals surface area contributed by atoms with E-state index in [4.69, 9.17) is 29.0 Å². The number of carbonyl (C=O) groups excluding carboxylic acids is 1. The third kappa shape index (κ3) is 2.78. The molecule has 2 rings (SSSR count). The van der Waals surface area contributed by atoms with E-state index in [0.29, 0.717) is 0 Å². The van der Waals surface area contributed by atoms with Gasteiger partial charge in [-0.1, -0.05) is 23.2 Å². The molecule has 0 saturated heterocycles. The minimum Gasteiger partial charge on any atom is -0.289 e. The molecule has 5 nitrogen and oxygen atoms in total. The van der Waals surface area contributed by atoms with Gasteiger partial charge in [-0.05, 0) is 23.8 Å². The van der Waals surface area contributed by atoms with E-state index in [1.54, 1.807) is 5.43 Å². The Balaban J connectivity index is 2.49. The molecule has 4 N–H and O–H groups in total. The fraction of sp³-hybridized carbons (Fsp3) is 0.273. The lowest BCUT2D eigenvalue weighted by atomic mass is 9.85. The second-order valence-corrected chi connectivity index (χ2v) is 5.25. The predicted molar refractivity (Wildman–Crippen MR) is 71.7 cm³/mol. The average Bonchev–Trinajstić information content (AvgIpc) is 2.82. The molecule has 0 bridgehead atoms. The summed E-state index contributed by atoms with van der Waals surface area (Å²) in [7, 11) is 0. The molecule has 1 aromatic carbocycles. The summed E-state index contributed by atoms with van der Waals surface area (Å²) in [5.41, 5.74) is 0.527. The Kier molecular flexibility index (Phi) is 4.05. The molecule has 0 fully saturated rings. The summed E-state index contributed by atoms with van der Waals surface area (Å²) in [6, 6.07) is 3.54. The van der Waals surface area contributed by atoms with E-state index in [0.717, 1.165) is 12.1 Å². The monoisotopic (exact) mass is 340 g/mol. The molecule has 1 aliphatic rings. The van der Waals surface area contributed by atoms with Gasteiger partial charge in [-0.3, -0.25) is 15.6 Å². The van der Waals surface area contributed by atoms with Gasteiger partial charge in [-0.25, -0.2) is 5.84 Å². The Labute approximate surface area is 127 Å². The van der Waals surface area contributed by atoms with E-state index in [9.17, 15) is 18.0 Å². The van der Waals surface area contributed by atoms with E-state index in [1.165, 1.54) is 6.07 Å². The molecule has 1 heterocycles.